The zero-order valence-corrected chi connectivity index (χ0v) is 16.3. The Morgan fingerprint density at radius 2 is 0.655 bits per heavy atom. The summed E-state index contributed by atoms with van der Waals surface area (Å²) in [5.74, 6) is 0. The van der Waals surface area contributed by atoms with Crippen LogP contribution in [0, 0.1) is 0 Å². The Morgan fingerprint density at radius 3 is 0.759 bits per heavy atom. The molecule has 29 heavy (non-hydrogen) atoms. The number of furan rings is 1. The highest BCUT2D eigenvalue weighted by Crippen LogP contribution is 1.91. The van der Waals surface area contributed by atoms with Gasteiger partial charge >= 0.3 is 0 Å². The van der Waals surface area contributed by atoms with Crippen molar-refractivity contribution in [2.75, 3.05) is 0 Å². The van der Waals surface area contributed by atoms with Gasteiger partial charge in [0.1, 0.15) is 0 Å². The Labute approximate surface area is 194 Å². The molecule has 0 saturated heterocycles. The van der Waals surface area contributed by atoms with Gasteiger partial charge in [-0.1, -0.05) is 135 Å². The summed E-state index contributed by atoms with van der Waals surface area (Å²) in [7, 11) is 0. The summed E-state index contributed by atoms with van der Waals surface area (Å²) >= 11 is 1.71. The van der Waals surface area contributed by atoms with Crippen molar-refractivity contribution in [3.05, 3.63) is 84.0 Å². The van der Waals surface area contributed by atoms with Crippen LogP contribution >= 0.6 is 11.3 Å². The average Bonchev–Trinajstić information content (AvgIpc) is 3.40. The maximum atomic E-state index is 4.58. The lowest BCUT2D eigenvalue weighted by atomic mass is 10.4. The van der Waals surface area contributed by atoms with Gasteiger partial charge in [0.05, 0.1) is 12.5 Å². The fourth-order valence-corrected chi connectivity index (χ4v) is 1.29. The molecule has 1 nitrogen and oxygen atoms in total. The standard InChI is InChI=1S/C6H6.C4H4O.C4H4S.3C2H6.6CH4.B/c1-2-4-6-5-3-1;2*1-2-4-5-3-1;3*1-2;;;;;;;/h1-6H;2*1-4H;3*1-2H3;6*1H4;. The van der Waals surface area contributed by atoms with Crippen LogP contribution in [0.3, 0.4) is 0 Å². The second-order valence-corrected chi connectivity index (χ2v) is 3.56. The Bertz CT molecular complexity index is 310. The average molecular weight is 428 g/mol. The maximum Gasteiger partial charge on any atom is 0.0902 e. The van der Waals surface area contributed by atoms with Gasteiger partial charge in [0, 0.05) is 8.41 Å². The minimum absolute atomic E-state index is 0. The lowest BCUT2D eigenvalue weighted by molar-refractivity contribution is 0.567. The molecule has 0 saturated carbocycles. The molecule has 0 aliphatic rings. The molecule has 0 spiro atoms. The van der Waals surface area contributed by atoms with Crippen LogP contribution in [0.5, 0.6) is 0 Å². The van der Waals surface area contributed by atoms with Crippen molar-refractivity contribution in [2.24, 2.45) is 0 Å². The highest BCUT2D eigenvalue weighted by molar-refractivity contribution is 7.07. The predicted octanol–water partition coefficient (Wildman–Crippen LogP) is 11.2. The van der Waals surface area contributed by atoms with Crippen LogP contribution in [-0.4, -0.2) is 8.41 Å². The quantitative estimate of drug-likeness (QED) is 0.325. The van der Waals surface area contributed by atoms with Gasteiger partial charge in [-0.2, -0.15) is 11.3 Å². The zero-order chi connectivity index (χ0) is 17.3. The largest absolute Gasteiger partial charge is 0.473 e. The Kier molecular flexibility index (Phi) is 179. The van der Waals surface area contributed by atoms with E-state index in [4.69, 9.17) is 0 Å². The van der Waals surface area contributed by atoms with Crippen molar-refractivity contribution in [3.8, 4) is 0 Å². The summed E-state index contributed by atoms with van der Waals surface area (Å²) in [5, 5.41) is 4.08. The van der Waals surface area contributed by atoms with Crippen molar-refractivity contribution in [2.45, 2.75) is 86.1 Å². The summed E-state index contributed by atoms with van der Waals surface area (Å²) in [6.45, 7) is 12.0. The molecule has 0 N–H and O–H groups in total. The SMILES string of the molecule is C.C.C.C.C.C.CC.CC.CC.[B].c1ccccc1.c1ccoc1.c1ccsc1. The van der Waals surface area contributed by atoms with Crippen LogP contribution in [0.2, 0.25) is 0 Å². The number of benzene rings is 1. The van der Waals surface area contributed by atoms with Crippen molar-refractivity contribution >= 4 is 19.7 Å². The molecule has 0 bridgehead atoms. The van der Waals surface area contributed by atoms with E-state index < -0.39 is 0 Å². The van der Waals surface area contributed by atoms with Crippen LogP contribution in [0.15, 0.2) is 88.4 Å². The molecule has 3 radical (unpaired) electrons. The molecule has 3 heteroatoms. The van der Waals surface area contributed by atoms with Gasteiger partial charge in [-0.15, -0.1) is 0 Å². The highest BCUT2D eigenvalue weighted by atomic mass is 32.1. The van der Waals surface area contributed by atoms with Gasteiger partial charge < -0.3 is 4.42 Å². The van der Waals surface area contributed by atoms with Gasteiger partial charge in [-0.25, -0.2) is 0 Å². The zero-order valence-electron chi connectivity index (χ0n) is 15.5. The molecule has 0 fully saturated rings. The van der Waals surface area contributed by atoms with E-state index in [-0.39, 0.29) is 53.0 Å². The normalized spacial score (nSPS) is 5.03. The molecule has 0 amide bonds. The second-order valence-electron chi connectivity index (χ2n) is 2.74. The van der Waals surface area contributed by atoms with E-state index in [0.29, 0.717) is 0 Å². The van der Waals surface area contributed by atoms with Crippen molar-refractivity contribution in [3.63, 3.8) is 0 Å². The highest BCUT2D eigenvalue weighted by Gasteiger charge is 1.59. The minimum atomic E-state index is 0. The van der Waals surface area contributed by atoms with Gasteiger partial charge in [0.25, 0.3) is 0 Å². The molecule has 3 rings (SSSR count). The van der Waals surface area contributed by atoms with Gasteiger partial charge in [-0.3, -0.25) is 0 Å². The van der Waals surface area contributed by atoms with Crippen molar-refractivity contribution in [1.82, 2.24) is 0 Å². The van der Waals surface area contributed by atoms with Crippen molar-refractivity contribution in [1.29, 1.82) is 0 Å². The van der Waals surface area contributed by atoms with Crippen LogP contribution in [-0.2, 0) is 0 Å². The first-order valence-electron chi connectivity index (χ1n) is 7.94. The van der Waals surface area contributed by atoms with Gasteiger partial charge in [0.15, 0.2) is 0 Å². The molecule has 175 valence electrons. The molecule has 0 unspecified atom stereocenters. The molecule has 1 aromatic carbocycles. The number of hydrogen-bond donors (Lipinski definition) is 0. The van der Waals surface area contributed by atoms with Crippen LogP contribution < -0.4 is 0 Å². The number of rotatable bonds is 0. The fraction of sp³-hybridized carbons (Fsp3) is 0.462. The molecule has 0 aliphatic heterocycles. The van der Waals surface area contributed by atoms with Crippen molar-refractivity contribution < 1.29 is 4.42 Å². The van der Waals surface area contributed by atoms with E-state index in [9.17, 15) is 0 Å². The summed E-state index contributed by atoms with van der Waals surface area (Å²) in [6, 6.07) is 19.7. The lowest BCUT2D eigenvalue weighted by Gasteiger charge is -1.69. The smallest absolute Gasteiger partial charge is 0.0902 e. The third-order valence-corrected chi connectivity index (χ3v) is 2.15. The molecule has 2 heterocycles. The fourth-order valence-electron chi connectivity index (χ4n) is 0.839. The molecule has 0 atom stereocenters. The van der Waals surface area contributed by atoms with Crippen LogP contribution in [0.4, 0.5) is 0 Å². The van der Waals surface area contributed by atoms with E-state index in [1.54, 1.807) is 23.9 Å². The maximum absolute atomic E-state index is 4.58. The first-order chi connectivity index (χ1) is 11.0. The predicted molar refractivity (Wildman–Crippen MR) is 150 cm³/mol. The lowest BCUT2D eigenvalue weighted by Crippen LogP contribution is -1.47. The Hall–Kier alpha value is -1.74. The third kappa shape index (κ3) is 76.0. The first kappa shape index (κ1) is 63.1. The summed E-state index contributed by atoms with van der Waals surface area (Å²) < 4.78 is 4.58. The molecule has 3 aromatic rings. The van der Waals surface area contributed by atoms with E-state index in [1.165, 1.54) is 0 Å². The van der Waals surface area contributed by atoms with E-state index in [1.807, 2.05) is 113 Å². The Balaban J connectivity index is -0.0000000187. The van der Waals surface area contributed by atoms with Crippen LogP contribution in [0.1, 0.15) is 86.1 Å². The molecular formula is C26H56BOS. The molecule has 2 aromatic heterocycles. The number of hydrogen-bond acceptors (Lipinski definition) is 2. The topological polar surface area (TPSA) is 13.1 Å². The Morgan fingerprint density at radius 1 is 0.414 bits per heavy atom. The summed E-state index contributed by atoms with van der Waals surface area (Å²) in [6.07, 6.45) is 3.25. The molecule has 0 aliphatic carbocycles. The van der Waals surface area contributed by atoms with Crippen LogP contribution in [0.25, 0.3) is 0 Å². The van der Waals surface area contributed by atoms with Gasteiger partial charge in [0.2, 0.25) is 0 Å². The summed E-state index contributed by atoms with van der Waals surface area (Å²) in [4.78, 5) is 0. The monoisotopic (exact) mass is 427 g/mol. The summed E-state index contributed by atoms with van der Waals surface area (Å²) in [5.41, 5.74) is 0. The van der Waals surface area contributed by atoms with E-state index in [2.05, 4.69) is 4.42 Å². The van der Waals surface area contributed by atoms with E-state index in [0.717, 1.165) is 0 Å². The van der Waals surface area contributed by atoms with E-state index >= 15 is 0 Å². The molecular weight excluding hydrogens is 371 g/mol. The third-order valence-electron chi connectivity index (χ3n) is 1.52. The second kappa shape index (κ2) is 82.4. The minimum Gasteiger partial charge on any atom is -0.473 e. The van der Waals surface area contributed by atoms with Gasteiger partial charge in [-0.05, 0) is 22.9 Å². The first-order valence-corrected chi connectivity index (χ1v) is 8.89. The number of thiophene rings is 1.